The van der Waals surface area contributed by atoms with Crippen molar-refractivity contribution in [2.24, 2.45) is 5.73 Å². The van der Waals surface area contributed by atoms with Gasteiger partial charge in [0.05, 0.1) is 12.1 Å². The summed E-state index contributed by atoms with van der Waals surface area (Å²) in [7, 11) is 0. The summed E-state index contributed by atoms with van der Waals surface area (Å²) in [5.74, 6) is -0.353. The molecule has 1 saturated heterocycles. The zero-order chi connectivity index (χ0) is 9.84. The van der Waals surface area contributed by atoms with Crippen molar-refractivity contribution < 1.29 is 9.59 Å². The molecule has 2 N–H and O–H groups in total. The minimum Gasteiger partial charge on any atom is -0.368 e. The fourth-order valence-electron chi connectivity index (χ4n) is 1.77. The zero-order valence-electron chi connectivity index (χ0n) is 7.90. The molecule has 13 heavy (non-hydrogen) atoms. The number of piperidine rings is 1. The van der Waals surface area contributed by atoms with Gasteiger partial charge in [0.2, 0.25) is 5.91 Å². The quantitative estimate of drug-likeness (QED) is 0.624. The van der Waals surface area contributed by atoms with Crippen LogP contribution in [0, 0.1) is 0 Å². The number of carbonyl (C=O) groups is 2. The van der Waals surface area contributed by atoms with Gasteiger partial charge < -0.3 is 10.5 Å². The van der Waals surface area contributed by atoms with Crippen molar-refractivity contribution >= 4 is 12.2 Å². The average Bonchev–Trinajstić information content (AvgIpc) is 2.16. The summed E-state index contributed by atoms with van der Waals surface area (Å²) in [5, 5.41) is 0. The average molecular weight is 184 g/mol. The molecule has 1 amide bonds. The summed E-state index contributed by atoms with van der Waals surface area (Å²) in [4.78, 5) is 23.5. The summed E-state index contributed by atoms with van der Waals surface area (Å²) in [6, 6.07) is -0.438. The number of likely N-dealkylation sites (tertiary alicyclic amines) is 1. The lowest BCUT2D eigenvalue weighted by atomic mass is 10.0. The molecule has 2 atom stereocenters. The predicted octanol–water partition coefficient (Wildman–Crippen LogP) is -0.0864. The Morgan fingerprint density at radius 1 is 1.62 bits per heavy atom. The maximum Gasteiger partial charge on any atom is 0.234 e. The molecule has 1 heterocycles. The number of aldehydes is 1. The maximum atomic E-state index is 10.9. The van der Waals surface area contributed by atoms with Crippen LogP contribution in [0.1, 0.15) is 26.2 Å². The molecule has 0 aromatic rings. The van der Waals surface area contributed by atoms with E-state index < -0.39 is 0 Å². The van der Waals surface area contributed by atoms with E-state index in [4.69, 9.17) is 5.73 Å². The Kier molecular flexibility index (Phi) is 3.42. The van der Waals surface area contributed by atoms with Gasteiger partial charge in [-0.3, -0.25) is 9.69 Å². The van der Waals surface area contributed by atoms with Crippen molar-refractivity contribution in [1.29, 1.82) is 0 Å². The van der Waals surface area contributed by atoms with Gasteiger partial charge in [-0.1, -0.05) is 6.42 Å². The van der Waals surface area contributed by atoms with Gasteiger partial charge in [0.15, 0.2) is 0 Å². The van der Waals surface area contributed by atoms with Crippen LogP contribution in [-0.4, -0.2) is 35.7 Å². The van der Waals surface area contributed by atoms with E-state index in [9.17, 15) is 9.59 Å². The molecule has 4 heteroatoms. The smallest absolute Gasteiger partial charge is 0.234 e. The lowest BCUT2D eigenvalue weighted by Crippen LogP contribution is -2.51. The highest BCUT2D eigenvalue weighted by Crippen LogP contribution is 2.17. The van der Waals surface area contributed by atoms with Gasteiger partial charge in [0.1, 0.15) is 6.29 Å². The Bertz CT molecular complexity index is 204. The number of amides is 1. The van der Waals surface area contributed by atoms with Gasteiger partial charge in [-0.15, -0.1) is 0 Å². The van der Waals surface area contributed by atoms with E-state index in [0.29, 0.717) is 0 Å². The lowest BCUT2D eigenvalue weighted by Gasteiger charge is -2.35. The molecule has 1 aliphatic heterocycles. The second-order valence-corrected chi connectivity index (χ2v) is 3.52. The highest BCUT2D eigenvalue weighted by Gasteiger charge is 2.28. The van der Waals surface area contributed by atoms with E-state index in [1.165, 1.54) is 0 Å². The summed E-state index contributed by atoms with van der Waals surface area (Å²) in [6.45, 7) is 2.55. The summed E-state index contributed by atoms with van der Waals surface area (Å²) >= 11 is 0. The second-order valence-electron chi connectivity index (χ2n) is 3.52. The first kappa shape index (κ1) is 10.2. The van der Waals surface area contributed by atoms with Gasteiger partial charge in [0, 0.05) is 0 Å². The normalized spacial score (nSPS) is 26.7. The largest absolute Gasteiger partial charge is 0.368 e. The minimum atomic E-state index is -0.353. The fourth-order valence-corrected chi connectivity index (χ4v) is 1.77. The van der Waals surface area contributed by atoms with E-state index in [-0.39, 0.29) is 18.0 Å². The highest BCUT2D eigenvalue weighted by molar-refractivity contribution is 5.80. The fraction of sp³-hybridized carbons (Fsp3) is 0.778. The van der Waals surface area contributed by atoms with Crippen molar-refractivity contribution in [1.82, 2.24) is 4.90 Å². The summed E-state index contributed by atoms with van der Waals surface area (Å²) in [5.41, 5.74) is 5.19. The van der Waals surface area contributed by atoms with Crippen molar-refractivity contribution in [3.8, 4) is 0 Å². The van der Waals surface area contributed by atoms with Crippen LogP contribution in [-0.2, 0) is 9.59 Å². The molecule has 0 aromatic heterocycles. The standard InChI is InChI=1S/C9H16N2O2/c1-7(9(10)13)11-5-3-2-4-8(11)6-12/h6-8H,2-5H2,1H3,(H2,10,13). The van der Waals surface area contributed by atoms with E-state index in [0.717, 1.165) is 32.1 Å². The zero-order valence-corrected chi connectivity index (χ0v) is 7.90. The van der Waals surface area contributed by atoms with E-state index in [1.54, 1.807) is 6.92 Å². The SMILES string of the molecule is CC(C(N)=O)N1CCCCC1C=O. The van der Waals surface area contributed by atoms with Crippen LogP contribution in [0.3, 0.4) is 0 Å². The Balaban J connectivity index is 2.63. The van der Waals surface area contributed by atoms with Crippen molar-refractivity contribution in [3.05, 3.63) is 0 Å². The molecule has 0 aromatic carbocycles. The number of rotatable bonds is 3. The molecule has 0 radical (unpaired) electrons. The second kappa shape index (κ2) is 4.37. The molecule has 1 aliphatic rings. The highest BCUT2D eigenvalue weighted by atomic mass is 16.1. The first-order valence-corrected chi connectivity index (χ1v) is 4.67. The predicted molar refractivity (Wildman–Crippen MR) is 49.1 cm³/mol. The van der Waals surface area contributed by atoms with Gasteiger partial charge in [0.25, 0.3) is 0 Å². The Hall–Kier alpha value is -0.900. The lowest BCUT2D eigenvalue weighted by molar-refractivity contribution is -0.126. The van der Waals surface area contributed by atoms with Gasteiger partial charge in [-0.2, -0.15) is 0 Å². The number of nitrogens with zero attached hydrogens (tertiary/aromatic N) is 1. The summed E-state index contributed by atoms with van der Waals surface area (Å²) < 4.78 is 0. The topological polar surface area (TPSA) is 63.4 Å². The molecule has 4 nitrogen and oxygen atoms in total. The molecule has 0 aliphatic carbocycles. The molecule has 2 unspecified atom stereocenters. The summed E-state index contributed by atoms with van der Waals surface area (Å²) in [6.07, 6.45) is 3.87. The Labute approximate surface area is 78.1 Å². The van der Waals surface area contributed by atoms with Crippen molar-refractivity contribution in [2.45, 2.75) is 38.3 Å². The monoisotopic (exact) mass is 184 g/mol. The molecular weight excluding hydrogens is 168 g/mol. The van der Waals surface area contributed by atoms with Crippen LogP contribution in [0.25, 0.3) is 0 Å². The van der Waals surface area contributed by atoms with E-state index in [2.05, 4.69) is 0 Å². The molecule has 74 valence electrons. The number of primary amides is 1. The van der Waals surface area contributed by atoms with Crippen LogP contribution in [0.4, 0.5) is 0 Å². The third-order valence-corrected chi connectivity index (χ3v) is 2.66. The Morgan fingerprint density at radius 3 is 2.85 bits per heavy atom. The number of hydrogen-bond donors (Lipinski definition) is 1. The Morgan fingerprint density at radius 2 is 2.31 bits per heavy atom. The molecule has 0 saturated carbocycles. The van der Waals surface area contributed by atoms with Gasteiger partial charge in [-0.05, 0) is 26.3 Å². The van der Waals surface area contributed by atoms with Crippen LogP contribution >= 0.6 is 0 Å². The van der Waals surface area contributed by atoms with Gasteiger partial charge >= 0.3 is 0 Å². The number of carbonyl (C=O) groups excluding carboxylic acids is 2. The van der Waals surface area contributed by atoms with E-state index in [1.807, 2.05) is 4.90 Å². The molecule has 0 spiro atoms. The molecule has 1 fully saturated rings. The third-order valence-electron chi connectivity index (χ3n) is 2.66. The van der Waals surface area contributed by atoms with Crippen molar-refractivity contribution in [2.75, 3.05) is 6.54 Å². The van der Waals surface area contributed by atoms with Crippen LogP contribution in [0.2, 0.25) is 0 Å². The maximum absolute atomic E-state index is 10.9. The van der Waals surface area contributed by atoms with Crippen LogP contribution in [0.15, 0.2) is 0 Å². The first-order valence-electron chi connectivity index (χ1n) is 4.67. The van der Waals surface area contributed by atoms with Crippen LogP contribution < -0.4 is 5.73 Å². The number of nitrogens with two attached hydrogens (primary N) is 1. The minimum absolute atomic E-state index is 0.115. The molecule has 1 rings (SSSR count). The van der Waals surface area contributed by atoms with Crippen LogP contribution in [0.5, 0.6) is 0 Å². The third kappa shape index (κ3) is 2.28. The molecular formula is C9H16N2O2. The first-order chi connectivity index (χ1) is 6.16. The van der Waals surface area contributed by atoms with Gasteiger partial charge in [-0.25, -0.2) is 0 Å². The molecule has 0 bridgehead atoms. The van der Waals surface area contributed by atoms with E-state index >= 15 is 0 Å². The number of hydrogen-bond acceptors (Lipinski definition) is 3. The van der Waals surface area contributed by atoms with Crippen molar-refractivity contribution in [3.63, 3.8) is 0 Å².